The van der Waals surface area contributed by atoms with Crippen molar-refractivity contribution in [2.75, 3.05) is 0 Å². The van der Waals surface area contributed by atoms with Crippen LogP contribution in [0.3, 0.4) is 0 Å². The molecule has 1 amide bonds. The number of hydrogen-bond acceptors (Lipinski definition) is 2. The smallest absolute Gasteiger partial charge is 0.219 e. The topological polar surface area (TPSA) is 69.1 Å². The van der Waals surface area contributed by atoms with E-state index in [0.29, 0.717) is 0 Å². The first kappa shape index (κ1) is 14.7. The van der Waals surface area contributed by atoms with Gasteiger partial charge in [-0.3, -0.25) is 4.79 Å². The molecule has 0 saturated heterocycles. The molecular weight excluding hydrogens is 224 g/mol. The van der Waals surface area contributed by atoms with E-state index in [1.807, 2.05) is 13.8 Å². The van der Waals surface area contributed by atoms with E-state index >= 15 is 0 Å². The fourth-order valence-corrected chi connectivity index (χ4v) is 2.31. The summed E-state index contributed by atoms with van der Waals surface area (Å²) < 4.78 is 0. The van der Waals surface area contributed by atoms with Gasteiger partial charge in [0, 0.05) is 12.5 Å². The molecule has 0 heterocycles. The third-order valence-electron chi connectivity index (χ3n) is 3.25. The second-order valence-electron chi connectivity index (χ2n) is 6.05. The molecule has 0 spiro atoms. The van der Waals surface area contributed by atoms with Gasteiger partial charge in [0.05, 0.1) is 0 Å². The van der Waals surface area contributed by atoms with Crippen LogP contribution in [0.1, 0.15) is 55.5 Å². The molecule has 0 aliphatic rings. The average Bonchev–Trinajstić information content (AvgIpc) is 2.13. The average molecular weight is 248 g/mol. The number of hydrogen-bond donors (Lipinski definition) is 2. The lowest BCUT2D eigenvalue weighted by Crippen LogP contribution is -2.23. The molecule has 0 bridgehead atoms. The Morgan fingerprint density at radius 1 is 1.22 bits per heavy atom. The molecule has 4 N–H and O–H groups in total. The number of carbonyl (C=O) groups is 1. The maximum atomic E-state index is 11.0. The second kappa shape index (κ2) is 5.11. The first-order valence-corrected chi connectivity index (χ1v) is 6.28. The maximum Gasteiger partial charge on any atom is 0.219 e. The molecule has 100 valence electrons. The Balaban J connectivity index is 3.20. The first-order valence-electron chi connectivity index (χ1n) is 6.28. The lowest BCUT2D eigenvalue weighted by atomic mass is 9.82. The quantitative estimate of drug-likeness (QED) is 0.862. The summed E-state index contributed by atoms with van der Waals surface area (Å²) in [7, 11) is 0. The monoisotopic (exact) mass is 248 g/mol. The number of rotatable bonds is 3. The number of nitrogens with two attached hydrogens (primary N) is 2. The van der Waals surface area contributed by atoms with Crippen molar-refractivity contribution in [3.63, 3.8) is 0 Å². The van der Waals surface area contributed by atoms with E-state index in [2.05, 4.69) is 32.9 Å². The van der Waals surface area contributed by atoms with Crippen molar-refractivity contribution in [2.24, 2.45) is 11.5 Å². The Bertz CT molecular complexity index is 435. The molecule has 1 aromatic rings. The minimum absolute atomic E-state index is 0.113. The molecule has 0 aliphatic carbocycles. The number of benzene rings is 1. The first-order chi connectivity index (χ1) is 8.12. The van der Waals surface area contributed by atoms with E-state index in [0.717, 1.165) is 16.7 Å². The number of primary amides is 1. The van der Waals surface area contributed by atoms with Crippen molar-refractivity contribution >= 4 is 5.91 Å². The molecule has 1 aromatic carbocycles. The molecular formula is C15H24N2O. The van der Waals surface area contributed by atoms with Crippen LogP contribution in [0.15, 0.2) is 12.1 Å². The van der Waals surface area contributed by atoms with Crippen molar-refractivity contribution in [2.45, 2.75) is 52.5 Å². The van der Waals surface area contributed by atoms with Gasteiger partial charge in [0.25, 0.3) is 0 Å². The van der Waals surface area contributed by atoms with Gasteiger partial charge in [-0.15, -0.1) is 0 Å². The van der Waals surface area contributed by atoms with Crippen LogP contribution in [0.5, 0.6) is 0 Å². The Kier molecular flexibility index (Phi) is 4.17. The summed E-state index contributed by atoms with van der Waals surface area (Å²) in [5.74, 6) is -0.360. The molecule has 1 rings (SSSR count). The van der Waals surface area contributed by atoms with Crippen molar-refractivity contribution in [3.8, 4) is 0 Å². The van der Waals surface area contributed by atoms with Crippen LogP contribution in [-0.4, -0.2) is 5.91 Å². The molecule has 18 heavy (non-hydrogen) atoms. The van der Waals surface area contributed by atoms with Crippen LogP contribution in [-0.2, 0) is 10.2 Å². The van der Waals surface area contributed by atoms with E-state index < -0.39 is 0 Å². The maximum absolute atomic E-state index is 11.0. The molecule has 0 fully saturated rings. The van der Waals surface area contributed by atoms with Gasteiger partial charge >= 0.3 is 0 Å². The SMILES string of the molecule is Cc1cc(C(C)(C)C)cc(C)c1C(N)CC(N)=O. The summed E-state index contributed by atoms with van der Waals surface area (Å²) in [6, 6.07) is 4.00. The van der Waals surface area contributed by atoms with Crippen molar-refractivity contribution in [1.29, 1.82) is 0 Å². The van der Waals surface area contributed by atoms with Crippen molar-refractivity contribution in [1.82, 2.24) is 0 Å². The minimum atomic E-state index is -0.360. The number of carbonyl (C=O) groups excluding carboxylic acids is 1. The molecule has 3 nitrogen and oxygen atoms in total. The van der Waals surface area contributed by atoms with E-state index in [-0.39, 0.29) is 23.8 Å². The third-order valence-corrected chi connectivity index (χ3v) is 3.25. The predicted molar refractivity (Wildman–Crippen MR) is 75.4 cm³/mol. The van der Waals surface area contributed by atoms with E-state index in [1.54, 1.807) is 0 Å². The van der Waals surface area contributed by atoms with Gasteiger partial charge in [-0.05, 0) is 41.5 Å². The lowest BCUT2D eigenvalue weighted by Gasteiger charge is -2.24. The standard InChI is InChI=1S/C15H24N2O/c1-9-6-11(15(3,4)5)7-10(2)14(9)12(16)8-13(17)18/h6-7,12H,8,16H2,1-5H3,(H2,17,18). The highest BCUT2D eigenvalue weighted by Crippen LogP contribution is 2.29. The summed E-state index contributed by atoms with van der Waals surface area (Å²) in [6.45, 7) is 10.6. The molecule has 0 radical (unpaired) electrons. The van der Waals surface area contributed by atoms with Crippen LogP contribution in [0.4, 0.5) is 0 Å². The normalized spacial score (nSPS) is 13.4. The third kappa shape index (κ3) is 3.33. The zero-order valence-corrected chi connectivity index (χ0v) is 12.0. The van der Waals surface area contributed by atoms with Crippen LogP contribution in [0.2, 0.25) is 0 Å². The van der Waals surface area contributed by atoms with Crippen molar-refractivity contribution < 1.29 is 4.79 Å². The van der Waals surface area contributed by atoms with E-state index in [4.69, 9.17) is 11.5 Å². The highest BCUT2D eigenvalue weighted by atomic mass is 16.1. The van der Waals surface area contributed by atoms with Gasteiger partial charge in [0.2, 0.25) is 5.91 Å². The minimum Gasteiger partial charge on any atom is -0.370 e. The summed E-state index contributed by atoms with van der Waals surface area (Å²) in [5.41, 5.74) is 16.0. The Morgan fingerprint density at radius 3 is 2.00 bits per heavy atom. The zero-order valence-electron chi connectivity index (χ0n) is 12.0. The van der Waals surface area contributed by atoms with Gasteiger partial charge < -0.3 is 11.5 Å². The van der Waals surface area contributed by atoms with Crippen LogP contribution < -0.4 is 11.5 Å². The molecule has 3 heteroatoms. The zero-order chi connectivity index (χ0) is 14.1. The highest BCUT2D eigenvalue weighted by Gasteiger charge is 2.19. The molecule has 1 unspecified atom stereocenters. The second-order valence-corrected chi connectivity index (χ2v) is 6.05. The fraction of sp³-hybridized carbons (Fsp3) is 0.533. The molecule has 0 aliphatic heterocycles. The Hall–Kier alpha value is -1.35. The summed E-state index contributed by atoms with van der Waals surface area (Å²) in [5, 5.41) is 0. The van der Waals surface area contributed by atoms with Gasteiger partial charge in [-0.25, -0.2) is 0 Å². The van der Waals surface area contributed by atoms with E-state index in [1.165, 1.54) is 5.56 Å². The number of aryl methyl sites for hydroxylation is 2. The Labute approximate surface area is 110 Å². The largest absolute Gasteiger partial charge is 0.370 e. The molecule has 1 atom stereocenters. The van der Waals surface area contributed by atoms with Gasteiger partial charge in [0.1, 0.15) is 0 Å². The molecule has 0 aromatic heterocycles. The van der Waals surface area contributed by atoms with Gasteiger partial charge in [0.15, 0.2) is 0 Å². The Morgan fingerprint density at radius 2 is 1.67 bits per heavy atom. The predicted octanol–water partition coefficient (Wildman–Crippen LogP) is 2.48. The van der Waals surface area contributed by atoms with Crippen LogP contribution in [0.25, 0.3) is 0 Å². The van der Waals surface area contributed by atoms with E-state index in [9.17, 15) is 4.79 Å². The van der Waals surface area contributed by atoms with Crippen LogP contribution >= 0.6 is 0 Å². The summed E-state index contributed by atoms with van der Waals surface area (Å²) >= 11 is 0. The summed E-state index contributed by atoms with van der Waals surface area (Å²) in [6.07, 6.45) is 0.191. The lowest BCUT2D eigenvalue weighted by molar-refractivity contribution is -0.118. The number of amides is 1. The van der Waals surface area contributed by atoms with Gasteiger partial charge in [-0.1, -0.05) is 32.9 Å². The molecule has 0 saturated carbocycles. The van der Waals surface area contributed by atoms with Crippen molar-refractivity contribution in [3.05, 3.63) is 34.4 Å². The fourth-order valence-electron chi connectivity index (χ4n) is 2.31. The van der Waals surface area contributed by atoms with Gasteiger partial charge in [-0.2, -0.15) is 0 Å². The van der Waals surface area contributed by atoms with Crippen LogP contribution in [0, 0.1) is 13.8 Å². The highest BCUT2D eigenvalue weighted by molar-refractivity contribution is 5.74. The summed E-state index contributed by atoms with van der Waals surface area (Å²) in [4.78, 5) is 11.0.